The van der Waals surface area contributed by atoms with E-state index in [9.17, 15) is 19.5 Å². The SMILES string of the molecule is COCC(COC)NC(=O)c1nc(N2CC[C@@H](CC(=O)c3[nH]c(C)c(Cl)c3Cl)[C@@H](OC)C2)sc1C(=O)O. The molecule has 1 amide bonds. The molecule has 2 aromatic rings. The van der Waals surface area contributed by atoms with Crippen molar-refractivity contribution >= 4 is 57.3 Å². The highest BCUT2D eigenvalue weighted by Crippen LogP contribution is 2.34. The third-order valence-electron chi connectivity index (χ3n) is 6.15. The molecule has 0 radical (unpaired) electrons. The molecule has 3 N–H and O–H groups in total. The summed E-state index contributed by atoms with van der Waals surface area (Å²) >= 11 is 13.2. The van der Waals surface area contributed by atoms with Crippen LogP contribution in [-0.4, -0.2) is 92.5 Å². The topological polar surface area (TPSA) is 143 Å². The number of nitrogens with zero attached hydrogens (tertiary/aromatic N) is 2. The van der Waals surface area contributed by atoms with Crippen LogP contribution < -0.4 is 10.2 Å². The second-order valence-corrected chi connectivity index (χ2v) is 10.4. The first-order chi connectivity index (χ1) is 17.6. The molecule has 1 aliphatic rings. The van der Waals surface area contributed by atoms with Crippen molar-refractivity contribution in [3.63, 3.8) is 0 Å². The first kappa shape index (κ1) is 29.3. The molecule has 0 unspecified atom stereocenters. The van der Waals surface area contributed by atoms with Crippen molar-refractivity contribution in [1.29, 1.82) is 0 Å². The Hall–Kier alpha value is -2.22. The number of aromatic carboxylic acids is 1. The predicted octanol–water partition coefficient (Wildman–Crippen LogP) is 3.29. The number of thiazole rings is 1. The number of Topliss-reactive ketones (excluding diaryl/α,β-unsaturated/α-hetero) is 1. The lowest BCUT2D eigenvalue weighted by Crippen LogP contribution is -2.45. The maximum absolute atomic E-state index is 12.9. The number of aromatic amines is 1. The number of anilines is 1. The third-order valence-corrected chi connectivity index (χ3v) is 8.20. The van der Waals surface area contributed by atoms with Gasteiger partial charge in [-0.15, -0.1) is 0 Å². The van der Waals surface area contributed by atoms with Crippen LogP contribution in [0.25, 0.3) is 0 Å². The van der Waals surface area contributed by atoms with Crippen LogP contribution in [0.4, 0.5) is 5.13 Å². The average molecular weight is 577 g/mol. The Bertz CT molecular complexity index is 1130. The van der Waals surface area contributed by atoms with E-state index in [4.69, 9.17) is 37.4 Å². The monoisotopic (exact) mass is 576 g/mol. The molecule has 2 aromatic heterocycles. The Labute approximate surface area is 228 Å². The Balaban J connectivity index is 1.74. The molecule has 0 spiro atoms. The van der Waals surface area contributed by atoms with Gasteiger partial charge in [0.2, 0.25) is 0 Å². The molecule has 1 fully saturated rings. The second-order valence-electron chi connectivity index (χ2n) is 8.71. The van der Waals surface area contributed by atoms with Gasteiger partial charge >= 0.3 is 5.97 Å². The number of carboxylic acids is 1. The number of hydrogen-bond donors (Lipinski definition) is 3. The summed E-state index contributed by atoms with van der Waals surface area (Å²) in [4.78, 5) is 46.7. The molecule has 1 aliphatic heterocycles. The number of methoxy groups -OCH3 is 3. The van der Waals surface area contributed by atoms with E-state index in [1.165, 1.54) is 14.2 Å². The van der Waals surface area contributed by atoms with Crippen LogP contribution >= 0.6 is 34.5 Å². The van der Waals surface area contributed by atoms with Gasteiger partial charge in [0.15, 0.2) is 16.6 Å². The number of piperidine rings is 1. The molecule has 11 nitrogen and oxygen atoms in total. The van der Waals surface area contributed by atoms with E-state index < -0.39 is 17.9 Å². The molecule has 0 aliphatic carbocycles. The normalized spacial score (nSPS) is 17.9. The molecular formula is C23H30Cl2N4O7S. The minimum Gasteiger partial charge on any atom is -0.477 e. The fourth-order valence-corrected chi connectivity index (χ4v) is 5.65. The summed E-state index contributed by atoms with van der Waals surface area (Å²) in [6, 6.07) is -0.465. The van der Waals surface area contributed by atoms with Crippen LogP contribution in [0.2, 0.25) is 10.0 Å². The van der Waals surface area contributed by atoms with Crippen LogP contribution in [0.1, 0.15) is 49.2 Å². The summed E-state index contributed by atoms with van der Waals surface area (Å²) < 4.78 is 15.8. The summed E-state index contributed by atoms with van der Waals surface area (Å²) in [5.41, 5.74) is 0.731. The van der Waals surface area contributed by atoms with Crippen molar-refractivity contribution in [2.24, 2.45) is 5.92 Å². The minimum absolute atomic E-state index is 0.0993. The number of aryl methyl sites for hydroxylation is 1. The minimum atomic E-state index is -1.25. The zero-order valence-electron chi connectivity index (χ0n) is 20.9. The van der Waals surface area contributed by atoms with Gasteiger partial charge in [0.1, 0.15) is 10.6 Å². The number of carboxylic acid groups (broad SMARTS) is 1. The number of carbonyl (C=O) groups excluding carboxylic acids is 2. The van der Waals surface area contributed by atoms with Crippen LogP contribution in [0.5, 0.6) is 0 Å². The lowest BCUT2D eigenvalue weighted by molar-refractivity contribution is 0.0375. The Morgan fingerprint density at radius 2 is 1.89 bits per heavy atom. The molecule has 2 atom stereocenters. The average Bonchev–Trinajstić information content (AvgIpc) is 3.42. The van der Waals surface area contributed by atoms with Crippen molar-refractivity contribution in [2.75, 3.05) is 52.5 Å². The van der Waals surface area contributed by atoms with E-state index in [1.54, 1.807) is 14.0 Å². The predicted molar refractivity (Wildman–Crippen MR) is 140 cm³/mol. The van der Waals surface area contributed by atoms with Gasteiger partial charge in [0.25, 0.3) is 5.91 Å². The number of carbonyl (C=O) groups is 3. The van der Waals surface area contributed by atoms with Gasteiger partial charge in [-0.3, -0.25) is 9.59 Å². The summed E-state index contributed by atoms with van der Waals surface area (Å²) in [5.74, 6) is -2.13. The van der Waals surface area contributed by atoms with Crippen LogP contribution in [-0.2, 0) is 14.2 Å². The Kier molecular flexibility index (Phi) is 10.3. The summed E-state index contributed by atoms with van der Waals surface area (Å²) in [5, 5.41) is 13.3. The fraction of sp³-hybridized carbons (Fsp3) is 0.565. The smallest absolute Gasteiger partial charge is 0.348 e. The standard InChI is InChI=1S/C23H30Cl2N4O7S/c1-11-16(24)17(25)18(26-11)14(30)7-12-5-6-29(8-15(12)36-4)23-28-19(20(37-23)22(32)33)21(31)27-13(9-34-2)10-35-3/h12-13,15,26H,5-10H2,1-4H3,(H,27,31)(H,32,33)/t12-,15-/m0/s1. The lowest BCUT2D eigenvalue weighted by atomic mass is 9.88. The highest BCUT2D eigenvalue weighted by Gasteiger charge is 2.35. The number of H-pyrrole nitrogens is 1. The third kappa shape index (κ3) is 6.81. The number of ether oxygens (including phenoxy) is 3. The van der Waals surface area contributed by atoms with Gasteiger partial charge in [0, 0.05) is 46.5 Å². The molecule has 1 saturated heterocycles. The van der Waals surface area contributed by atoms with Gasteiger partial charge in [-0.05, 0) is 19.3 Å². The quantitative estimate of drug-likeness (QED) is 0.324. The van der Waals surface area contributed by atoms with Crippen molar-refractivity contribution < 1.29 is 33.7 Å². The van der Waals surface area contributed by atoms with E-state index in [2.05, 4.69) is 15.3 Å². The zero-order valence-corrected chi connectivity index (χ0v) is 23.3. The van der Waals surface area contributed by atoms with Crippen molar-refractivity contribution in [3.05, 3.63) is 32.0 Å². The van der Waals surface area contributed by atoms with Crippen LogP contribution in [0.3, 0.4) is 0 Å². The Morgan fingerprint density at radius 3 is 2.43 bits per heavy atom. The van der Waals surface area contributed by atoms with E-state index in [-0.39, 0.29) is 58.7 Å². The Morgan fingerprint density at radius 1 is 1.22 bits per heavy atom. The number of aromatic nitrogens is 2. The molecule has 3 heterocycles. The molecular weight excluding hydrogens is 547 g/mol. The molecule has 204 valence electrons. The largest absolute Gasteiger partial charge is 0.477 e. The highest BCUT2D eigenvalue weighted by atomic mass is 35.5. The maximum Gasteiger partial charge on any atom is 0.348 e. The molecule has 3 rings (SSSR count). The number of amides is 1. The van der Waals surface area contributed by atoms with Gasteiger partial charge in [-0.2, -0.15) is 0 Å². The summed E-state index contributed by atoms with van der Waals surface area (Å²) in [6.45, 7) is 3.00. The number of hydrogen-bond acceptors (Lipinski definition) is 9. The van der Waals surface area contributed by atoms with Gasteiger partial charge in [-0.25, -0.2) is 9.78 Å². The fourth-order valence-electron chi connectivity index (χ4n) is 4.27. The molecule has 14 heteroatoms. The van der Waals surface area contributed by atoms with E-state index in [0.717, 1.165) is 11.3 Å². The van der Waals surface area contributed by atoms with E-state index in [0.29, 0.717) is 35.4 Å². The van der Waals surface area contributed by atoms with Crippen molar-refractivity contribution in [1.82, 2.24) is 15.3 Å². The maximum atomic E-state index is 12.9. The first-order valence-corrected chi connectivity index (χ1v) is 13.1. The van der Waals surface area contributed by atoms with E-state index in [1.807, 2.05) is 4.90 Å². The van der Waals surface area contributed by atoms with Crippen LogP contribution in [0.15, 0.2) is 0 Å². The molecule has 37 heavy (non-hydrogen) atoms. The molecule has 0 saturated carbocycles. The zero-order chi connectivity index (χ0) is 27.3. The summed E-state index contributed by atoms with van der Waals surface area (Å²) in [6.07, 6.45) is 0.460. The highest BCUT2D eigenvalue weighted by molar-refractivity contribution is 7.17. The van der Waals surface area contributed by atoms with Gasteiger partial charge in [-0.1, -0.05) is 34.5 Å². The van der Waals surface area contributed by atoms with E-state index >= 15 is 0 Å². The number of ketones is 1. The summed E-state index contributed by atoms with van der Waals surface area (Å²) in [7, 11) is 4.54. The number of nitrogens with one attached hydrogen (secondary N) is 2. The second kappa shape index (κ2) is 13.0. The first-order valence-electron chi connectivity index (χ1n) is 11.5. The van der Waals surface area contributed by atoms with Gasteiger partial charge < -0.3 is 34.5 Å². The lowest BCUT2D eigenvalue weighted by Gasteiger charge is -2.37. The number of rotatable bonds is 12. The van der Waals surface area contributed by atoms with Gasteiger partial charge in [0.05, 0.1) is 35.4 Å². The van der Waals surface area contributed by atoms with Crippen molar-refractivity contribution in [3.8, 4) is 0 Å². The van der Waals surface area contributed by atoms with Crippen molar-refractivity contribution in [2.45, 2.75) is 31.9 Å². The number of halogens is 2. The molecule has 0 bridgehead atoms. The van der Waals surface area contributed by atoms with Crippen LogP contribution in [0, 0.1) is 12.8 Å². The molecule has 0 aromatic carbocycles.